The molecule has 0 aromatic rings. The SMILES string of the molecule is CC/C=C/CC/C=C/CC/C=C/C(O)C(CO)NC(=O)C(O)CCCCCCCCCC. The maximum atomic E-state index is 12.2. The number of hydrogen-bond donors (Lipinski definition) is 4. The molecule has 0 aromatic carbocycles. The van der Waals surface area contributed by atoms with Crippen molar-refractivity contribution in [1.29, 1.82) is 0 Å². The molecule has 0 rings (SSSR count). The van der Waals surface area contributed by atoms with Gasteiger partial charge in [-0.15, -0.1) is 0 Å². The van der Waals surface area contributed by atoms with Gasteiger partial charge >= 0.3 is 0 Å². The van der Waals surface area contributed by atoms with Crippen molar-refractivity contribution < 1.29 is 20.1 Å². The Morgan fingerprint density at radius 1 is 0.781 bits per heavy atom. The Labute approximate surface area is 196 Å². The number of aliphatic hydroxyl groups is 3. The van der Waals surface area contributed by atoms with Gasteiger partial charge in [-0.2, -0.15) is 0 Å². The molecule has 4 N–H and O–H groups in total. The summed E-state index contributed by atoms with van der Waals surface area (Å²) in [6.45, 7) is 3.95. The van der Waals surface area contributed by atoms with E-state index in [2.05, 4.69) is 43.5 Å². The summed E-state index contributed by atoms with van der Waals surface area (Å²) in [4.78, 5) is 12.2. The molecule has 0 radical (unpaired) electrons. The summed E-state index contributed by atoms with van der Waals surface area (Å²) < 4.78 is 0. The minimum Gasteiger partial charge on any atom is -0.394 e. The molecule has 0 saturated heterocycles. The molecule has 0 aliphatic rings. The van der Waals surface area contributed by atoms with Crippen molar-refractivity contribution in [1.82, 2.24) is 5.32 Å². The molecule has 1 amide bonds. The summed E-state index contributed by atoms with van der Waals surface area (Å²) in [5.74, 6) is -0.528. The summed E-state index contributed by atoms with van der Waals surface area (Å²) in [5.41, 5.74) is 0. The molecule has 0 spiro atoms. The van der Waals surface area contributed by atoms with Crippen LogP contribution in [0.2, 0.25) is 0 Å². The Morgan fingerprint density at radius 2 is 1.31 bits per heavy atom. The third kappa shape index (κ3) is 18.2. The standard InChI is InChI=1S/C27H49NO4/c1-3-5-7-9-11-13-14-16-17-19-21-25(30)24(23-29)28-27(32)26(31)22-20-18-15-12-10-8-6-4-2/h5,7,13-14,19,21,24-26,29-31H,3-4,6,8-12,15-18,20,22-23H2,1-2H3,(H,28,32)/b7-5+,14-13+,21-19+. The number of nitrogens with one attached hydrogen (secondary N) is 1. The molecule has 186 valence electrons. The van der Waals surface area contributed by atoms with E-state index in [-0.39, 0.29) is 6.61 Å². The van der Waals surface area contributed by atoms with E-state index in [0.717, 1.165) is 51.4 Å². The monoisotopic (exact) mass is 451 g/mol. The van der Waals surface area contributed by atoms with Crippen LogP contribution in [0.4, 0.5) is 0 Å². The summed E-state index contributed by atoms with van der Waals surface area (Å²) in [6, 6.07) is -0.812. The number of unbranched alkanes of at least 4 members (excludes halogenated alkanes) is 9. The van der Waals surface area contributed by atoms with E-state index in [1.165, 1.54) is 32.1 Å². The van der Waals surface area contributed by atoms with Crippen LogP contribution in [-0.2, 0) is 4.79 Å². The van der Waals surface area contributed by atoms with E-state index in [4.69, 9.17) is 0 Å². The van der Waals surface area contributed by atoms with Gasteiger partial charge in [-0.05, 0) is 38.5 Å². The van der Waals surface area contributed by atoms with Crippen molar-refractivity contribution >= 4 is 5.91 Å². The number of carbonyl (C=O) groups is 1. The lowest BCUT2D eigenvalue weighted by molar-refractivity contribution is -0.131. The van der Waals surface area contributed by atoms with Crippen molar-refractivity contribution in [3.63, 3.8) is 0 Å². The van der Waals surface area contributed by atoms with Crippen molar-refractivity contribution in [2.75, 3.05) is 6.61 Å². The van der Waals surface area contributed by atoms with Crippen LogP contribution in [0.25, 0.3) is 0 Å². The zero-order chi connectivity index (χ0) is 23.9. The van der Waals surface area contributed by atoms with Gasteiger partial charge in [0.05, 0.1) is 18.8 Å². The average molecular weight is 452 g/mol. The van der Waals surface area contributed by atoms with Crippen LogP contribution in [0.1, 0.15) is 104 Å². The minimum absolute atomic E-state index is 0.382. The predicted molar refractivity (Wildman–Crippen MR) is 134 cm³/mol. The summed E-state index contributed by atoms with van der Waals surface area (Å²) >= 11 is 0. The fraction of sp³-hybridized carbons (Fsp3) is 0.741. The van der Waals surface area contributed by atoms with E-state index < -0.39 is 24.2 Å². The molecule has 32 heavy (non-hydrogen) atoms. The molecule has 5 heteroatoms. The quantitative estimate of drug-likeness (QED) is 0.140. The van der Waals surface area contributed by atoms with Crippen LogP contribution in [0.3, 0.4) is 0 Å². The maximum absolute atomic E-state index is 12.2. The number of carbonyl (C=O) groups excluding carboxylic acids is 1. The first-order valence-electron chi connectivity index (χ1n) is 12.8. The second-order valence-corrected chi connectivity index (χ2v) is 8.50. The molecule has 0 aliphatic carbocycles. The van der Waals surface area contributed by atoms with Gasteiger partial charge < -0.3 is 20.6 Å². The first-order valence-corrected chi connectivity index (χ1v) is 12.8. The van der Waals surface area contributed by atoms with Gasteiger partial charge in [-0.1, -0.05) is 102 Å². The highest BCUT2D eigenvalue weighted by molar-refractivity contribution is 5.80. The molecule has 0 aliphatic heterocycles. The Hall–Kier alpha value is -1.43. The highest BCUT2D eigenvalue weighted by Gasteiger charge is 2.22. The van der Waals surface area contributed by atoms with Crippen LogP contribution in [-0.4, -0.2) is 46.1 Å². The normalized spacial score (nSPS) is 15.0. The second kappa shape index (κ2) is 22.8. The van der Waals surface area contributed by atoms with Gasteiger partial charge in [-0.25, -0.2) is 0 Å². The van der Waals surface area contributed by atoms with E-state index in [0.29, 0.717) is 6.42 Å². The predicted octanol–water partition coefficient (Wildman–Crippen LogP) is 5.36. The number of allylic oxidation sites excluding steroid dienone is 5. The molecule has 3 unspecified atom stereocenters. The number of rotatable bonds is 21. The minimum atomic E-state index is -1.10. The van der Waals surface area contributed by atoms with Gasteiger partial charge in [0, 0.05) is 0 Å². The van der Waals surface area contributed by atoms with Crippen LogP contribution < -0.4 is 5.32 Å². The summed E-state index contributed by atoms with van der Waals surface area (Å²) in [7, 11) is 0. The molecule has 0 saturated carbocycles. The molecule has 0 heterocycles. The van der Waals surface area contributed by atoms with Crippen molar-refractivity contribution in [3.05, 3.63) is 36.5 Å². The topological polar surface area (TPSA) is 89.8 Å². The third-order valence-electron chi connectivity index (χ3n) is 5.47. The van der Waals surface area contributed by atoms with Crippen LogP contribution in [0.5, 0.6) is 0 Å². The Morgan fingerprint density at radius 3 is 1.88 bits per heavy atom. The third-order valence-corrected chi connectivity index (χ3v) is 5.47. The number of amides is 1. The lowest BCUT2D eigenvalue weighted by atomic mass is 10.0. The highest BCUT2D eigenvalue weighted by Crippen LogP contribution is 2.11. The first kappa shape index (κ1) is 30.6. The number of aliphatic hydroxyl groups excluding tert-OH is 3. The lowest BCUT2D eigenvalue weighted by Crippen LogP contribution is -2.48. The zero-order valence-electron chi connectivity index (χ0n) is 20.6. The highest BCUT2D eigenvalue weighted by atomic mass is 16.3. The Balaban J connectivity index is 4.02. The largest absolute Gasteiger partial charge is 0.394 e. The fourth-order valence-corrected chi connectivity index (χ4v) is 3.40. The number of hydrogen-bond acceptors (Lipinski definition) is 4. The lowest BCUT2D eigenvalue weighted by Gasteiger charge is -2.21. The molecular weight excluding hydrogens is 402 g/mol. The van der Waals surface area contributed by atoms with Gasteiger partial charge in [0.25, 0.3) is 0 Å². The van der Waals surface area contributed by atoms with Crippen molar-refractivity contribution in [3.8, 4) is 0 Å². The Bertz CT molecular complexity index is 516. The Kier molecular flexibility index (Phi) is 21.7. The van der Waals surface area contributed by atoms with Gasteiger partial charge in [0.1, 0.15) is 6.10 Å². The van der Waals surface area contributed by atoms with Crippen molar-refractivity contribution in [2.24, 2.45) is 0 Å². The van der Waals surface area contributed by atoms with E-state index >= 15 is 0 Å². The summed E-state index contributed by atoms with van der Waals surface area (Å²) in [6.07, 6.45) is 24.5. The van der Waals surface area contributed by atoms with E-state index in [1.807, 2.05) is 6.08 Å². The van der Waals surface area contributed by atoms with Crippen LogP contribution in [0.15, 0.2) is 36.5 Å². The molecule has 5 nitrogen and oxygen atoms in total. The smallest absolute Gasteiger partial charge is 0.249 e. The zero-order valence-corrected chi connectivity index (χ0v) is 20.6. The van der Waals surface area contributed by atoms with Gasteiger partial charge in [0.2, 0.25) is 5.91 Å². The summed E-state index contributed by atoms with van der Waals surface area (Å²) in [5, 5.41) is 32.4. The molecular formula is C27H49NO4. The molecule has 0 fully saturated rings. The van der Waals surface area contributed by atoms with Crippen molar-refractivity contribution in [2.45, 2.75) is 122 Å². The van der Waals surface area contributed by atoms with E-state index in [9.17, 15) is 20.1 Å². The average Bonchev–Trinajstić information content (AvgIpc) is 2.79. The van der Waals surface area contributed by atoms with E-state index in [1.54, 1.807) is 6.08 Å². The van der Waals surface area contributed by atoms with Crippen LogP contribution >= 0.6 is 0 Å². The van der Waals surface area contributed by atoms with Gasteiger partial charge in [0.15, 0.2) is 0 Å². The second-order valence-electron chi connectivity index (χ2n) is 8.50. The fourth-order valence-electron chi connectivity index (χ4n) is 3.40. The molecule has 0 bridgehead atoms. The first-order chi connectivity index (χ1) is 15.6. The van der Waals surface area contributed by atoms with Gasteiger partial charge in [-0.3, -0.25) is 4.79 Å². The molecule has 3 atom stereocenters. The van der Waals surface area contributed by atoms with Crippen LogP contribution in [0, 0.1) is 0 Å². The maximum Gasteiger partial charge on any atom is 0.249 e. The molecule has 0 aromatic heterocycles.